The van der Waals surface area contributed by atoms with Gasteiger partial charge in [-0.25, -0.2) is 31.6 Å². The largest absolute Gasteiger partial charge is 0.433 e. The number of piperidine rings is 1. The molecule has 0 saturated carbocycles. The zero-order valence-corrected chi connectivity index (χ0v) is 20.2. The fourth-order valence-corrected chi connectivity index (χ4v) is 6.29. The number of benzene rings is 1. The van der Waals surface area contributed by atoms with Crippen molar-refractivity contribution in [3.05, 3.63) is 53.1 Å². The first kappa shape index (κ1) is 27.3. The van der Waals surface area contributed by atoms with E-state index in [-0.39, 0.29) is 30.0 Å². The summed E-state index contributed by atoms with van der Waals surface area (Å²) in [4.78, 5) is 21.1. The number of alkyl halides is 3. The first-order valence-electron chi connectivity index (χ1n) is 11.6. The van der Waals surface area contributed by atoms with Crippen LogP contribution in [0, 0.1) is 23.4 Å². The molecule has 2 saturated heterocycles. The molecule has 14 heteroatoms. The lowest BCUT2D eigenvalue weighted by atomic mass is 9.82. The molecule has 2 aromatic rings. The summed E-state index contributed by atoms with van der Waals surface area (Å²) in [5.41, 5.74) is 4.84. The SMILES string of the molecule is NC(Cc1cc(F)c(F)cc1F)C1CC2CCC(C1)N2C(=O)CCS(=O)(=O)c1nccc(C(F)(F)F)n1. The summed E-state index contributed by atoms with van der Waals surface area (Å²) in [5, 5.41) is -0.993. The standard InChI is InChI=1S/C23H24F6N4O3S/c24-16-11-18(26)17(25)9-12(16)10-19(30)13-7-14-1-2-15(8-13)33(14)21(34)4-6-37(35,36)22-31-5-3-20(32-22)23(27,28)29/h3,5,9,11,13-15,19H,1-2,4,6-8,10,30H2. The molecule has 2 bridgehead atoms. The summed E-state index contributed by atoms with van der Waals surface area (Å²) in [6.07, 6.45) is -2.36. The molecule has 4 rings (SSSR count). The highest BCUT2D eigenvalue weighted by Gasteiger charge is 2.44. The van der Waals surface area contributed by atoms with Crippen LogP contribution in [0.3, 0.4) is 0 Å². The van der Waals surface area contributed by atoms with Crippen LogP contribution in [0.4, 0.5) is 26.3 Å². The Morgan fingerprint density at radius 3 is 2.32 bits per heavy atom. The zero-order valence-electron chi connectivity index (χ0n) is 19.4. The molecule has 3 atom stereocenters. The Kier molecular flexibility index (Phi) is 7.52. The van der Waals surface area contributed by atoms with Crippen LogP contribution in [0.2, 0.25) is 0 Å². The average Bonchev–Trinajstić information content (AvgIpc) is 3.09. The second kappa shape index (κ2) is 10.2. The van der Waals surface area contributed by atoms with Gasteiger partial charge >= 0.3 is 6.18 Å². The van der Waals surface area contributed by atoms with Gasteiger partial charge in [0.05, 0.1) is 5.75 Å². The van der Waals surface area contributed by atoms with Gasteiger partial charge in [0.2, 0.25) is 20.9 Å². The lowest BCUT2D eigenvalue weighted by Crippen LogP contribution is -2.50. The molecule has 1 aromatic carbocycles. The summed E-state index contributed by atoms with van der Waals surface area (Å²) in [6, 6.07) is 0.776. The third-order valence-corrected chi connectivity index (χ3v) is 8.49. The molecule has 1 aromatic heterocycles. The molecule has 0 radical (unpaired) electrons. The van der Waals surface area contributed by atoms with Crippen molar-refractivity contribution in [1.29, 1.82) is 0 Å². The Hall–Kier alpha value is -2.74. The molecular formula is C23H24F6N4O3S. The van der Waals surface area contributed by atoms with E-state index in [1.54, 1.807) is 4.90 Å². The van der Waals surface area contributed by atoms with Gasteiger partial charge in [-0.15, -0.1) is 0 Å². The van der Waals surface area contributed by atoms with Gasteiger partial charge in [0, 0.05) is 36.8 Å². The Labute approximate surface area is 209 Å². The number of carbonyl (C=O) groups is 1. The summed E-state index contributed by atoms with van der Waals surface area (Å²) in [6.45, 7) is 0. The minimum Gasteiger partial charge on any atom is -0.337 e. The lowest BCUT2D eigenvalue weighted by molar-refractivity contribution is -0.141. The van der Waals surface area contributed by atoms with Crippen LogP contribution in [0.1, 0.15) is 43.4 Å². The van der Waals surface area contributed by atoms with E-state index in [0.29, 0.717) is 44.0 Å². The maximum atomic E-state index is 14.0. The molecule has 2 aliphatic rings. The van der Waals surface area contributed by atoms with Crippen LogP contribution in [0.5, 0.6) is 0 Å². The number of nitrogens with zero attached hydrogens (tertiary/aromatic N) is 3. The van der Waals surface area contributed by atoms with Crippen LogP contribution in [-0.4, -0.2) is 53.1 Å². The van der Waals surface area contributed by atoms with Crippen molar-refractivity contribution in [2.75, 3.05) is 5.75 Å². The van der Waals surface area contributed by atoms with Crippen LogP contribution in [-0.2, 0) is 27.2 Å². The lowest BCUT2D eigenvalue weighted by Gasteiger charge is -2.41. The van der Waals surface area contributed by atoms with E-state index < -0.39 is 68.4 Å². The smallest absolute Gasteiger partial charge is 0.337 e. The fourth-order valence-electron chi connectivity index (χ4n) is 5.21. The molecule has 3 unspecified atom stereocenters. The minimum absolute atomic E-state index is 0.0175. The maximum absolute atomic E-state index is 14.0. The van der Waals surface area contributed by atoms with Crippen LogP contribution >= 0.6 is 0 Å². The molecule has 0 aliphatic carbocycles. The number of fused-ring (bicyclic) bond motifs is 2. The second-order valence-electron chi connectivity index (χ2n) is 9.43. The number of hydrogen-bond acceptors (Lipinski definition) is 6. The minimum atomic E-state index is -4.84. The molecule has 2 N–H and O–H groups in total. The topological polar surface area (TPSA) is 106 Å². The highest BCUT2D eigenvalue weighted by Crippen LogP contribution is 2.40. The van der Waals surface area contributed by atoms with Gasteiger partial charge in [0.25, 0.3) is 0 Å². The van der Waals surface area contributed by atoms with Gasteiger partial charge in [-0.05, 0) is 55.7 Å². The Balaban J connectivity index is 1.38. The molecule has 0 spiro atoms. The number of sulfone groups is 1. The van der Waals surface area contributed by atoms with Crippen LogP contribution in [0.25, 0.3) is 0 Å². The Morgan fingerprint density at radius 1 is 1.08 bits per heavy atom. The van der Waals surface area contributed by atoms with E-state index in [9.17, 15) is 39.6 Å². The predicted molar refractivity (Wildman–Crippen MR) is 118 cm³/mol. The third kappa shape index (κ3) is 5.89. The summed E-state index contributed by atoms with van der Waals surface area (Å²) < 4.78 is 104. The van der Waals surface area contributed by atoms with Gasteiger partial charge in [0.15, 0.2) is 11.6 Å². The highest BCUT2D eigenvalue weighted by atomic mass is 32.2. The first-order valence-corrected chi connectivity index (χ1v) is 13.2. The monoisotopic (exact) mass is 550 g/mol. The third-order valence-electron chi connectivity index (χ3n) is 6.99. The van der Waals surface area contributed by atoms with Gasteiger partial charge in [-0.3, -0.25) is 4.79 Å². The molecule has 3 heterocycles. The molecule has 202 valence electrons. The maximum Gasteiger partial charge on any atom is 0.433 e. The number of halogens is 6. The average molecular weight is 551 g/mol. The Bertz CT molecular complexity index is 1280. The summed E-state index contributed by atoms with van der Waals surface area (Å²) in [7, 11) is -4.34. The molecule has 1 amide bonds. The van der Waals surface area contributed by atoms with Crippen molar-refractivity contribution in [3.63, 3.8) is 0 Å². The van der Waals surface area contributed by atoms with Crippen LogP contribution in [0.15, 0.2) is 29.6 Å². The van der Waals surface area contributed by atoms with E-state index in [1.165, 1.54) is 0 Å². The van der Waals surface area contributed by atoms with Crippen molar-refractivity contribution >= 4 is 15.7 Å². The number of nitrogens with two attached hydrogens (primary N) is 1. The van der Waals surface area contributed by atoms with Crippen LogP contribution < -0.4 is 5.73 Å². The van der Waals surface area contributed by atoms with Gasteiger partial charge in [-0.1, -0.05) is 0 Å². The van der Waals surface area contributed by atoms with Gasteiger partial charge < -0.3 is 10.6 Å². The Morgan fingerprint density at radius 2 is 1.70 bits per heavy atom. The number of hydrogen-bond donors (Lipinski definition) is 1. The van der Waals surface area contributed by atoms with Crippen molar-refractivity contribution in [1.82, 2.24) is 14.9 Å². The van der Waals surface area contributed by atoms with E-state index in [1.807, 2.05) is 0 Å². The highest BCUT2D eigenvalue weighted by molar-refractivity contribution is 7.91. The van der Waals surface area contributed by atoms with Crippen molar-refractivity contribution in [3.8, 4) is 0 Å². The first-order chi connectivity index (χ1) is 17.3. The molecular weight excluding hydrogens is 526 g/mol. The second-order valence-corrected chi connectivity index (χ2v) is 11.4. The number of rotatable bonds is 7. The van der Waals surface area contributed by atoms with E-state index in [2.05, 4.69) is 9.97 Å². The van der Waals surface area contributed by atoms with Gasteiger partial charge in [-0.2, -0.15) is 13.2 Å². The van der Waals surface area contributed by atoms with E-state index >= 15 is 0 Å². The number of aromatic nitrogens is 2. The normalized spacial score (nSPS) is 22.8. The van der Waals surface area contributed by atoms with E-state index in [0.717, 1.165) is 6.07 Å². The predicted octanol–water partition coefficient (Wildman–Crippen LogP) is 3.42. The van der Waals surface area contributed by atoms with Crippen molar-refractivity contribution in [2.45, 2.75) is 68.0 Å². The van der Waals surface area contributed by atoms with E-state index in [4.69, 9.17) is 5.73 Å². The molecule has 7 nitrogen and oxygen atoms in total. The quantitative estimate of drug-likeness (QED) is 0.322. The number of carbonyl (C=O) groups excluding carboxylic acids is 1. The van der Waals surface area contributed by atoms with Crippen molar-refractivity contribution in [2.24, 2.45) is 11.7 Å². The molecule has 37 heavy (non-hydrogen) atoms. The van der Waals surface area contributed by atoms with Crippen molar-refractivity contribution < 1.29 is 39.6 Å². The molecule has 2 aliphatic heterocycles. The fraction of sp³-hybridized carbons (Fsp3) is 0.522. The summed E-state index contributed by atoms with van der Waals surface area (Å²) >= 11 is 0. The molecule has 2 fully saturated rings. The summed E-state index contributed by atoms with van der Waals surface area (Å²) in [5.74, 6) is -4.69. The number of amides is 1. The van der Waals surface area contributed by atoms with Gasteiger partial charge in [0.1, 0.15) is 11.5 Å². The zero-order chi connectivity index (χ0) is 27.1.